The summed E-state index contributed by atoms with van der Waals surface area (Å²) in [5.41, 5.74) is 5.54. The lowest BCUT2D eigenvalue weighted by atomic mass is 9.92. The molecule has 0 radical (unpaired) electrons. The predicted octanol–water partition coefficient (Wildman–Crippen LogP) is 3.29. The summed E-state index contributed by atoms with van der Waals surface area (Å²) < 4.78 is 21.1. The molecule has 2 rings (SSSR count). The van der Waals surface area contributed by atoms with Gasteiger partial charge in [0.2, 0.25) is 5.91 Å². The molecule has 174 valence electrons. The lowest BCUT2D eigenvalue weighted by molar-refractivity contribution is -0.150. The number of nitrogens with zero attached hydrogens (tertiary/aromatic N) is 2. The molecule has 10 heteroatoms. The van der Waals surface area contributed by atoms with Crippen LogP contribution < -0.4 is 15.9 Å². The molecule has 1 atom stereocenters. The molecule has 2 amide bonds. The molecule has 0 aliphatic carbocycles. The van der Waals surface area contributed by atoms with Gasteiger partial charge in [-0.05, 0) is 29.5 Å². The van der Waals surface area contributed by atoms with Gasteiger partial charge in [-0.15, -0.1) is 11.3 Å². The first-order valence-electron chi connectivity index (χ1n) is 10.1. The fourth-order valence-electron chi connectivity index (χ4n) is 2.56. The van der Waals surface area contributed by atoms with Gasteiger partial charge < -0.3 is 15.8 Å². The summed E-state index contributed by atoms with van der Waals surface area (Å²) in [6.45, 7) is 9.18. The number of halogens is 1. The molecule has 1 aromatic heterocycles. The van der Waals surface area contributed by atoms with E-state index < -0.39 is 23.7 Å². The van der Waals surface area contributed by atoms with E-state index in [1.165, 1.54) is 16.7 Å². The van der Waals surface area contributed by atoms with E-state index in [1.807, 2.05) is 34.6 Å². The van der Waals surface area contributed by atoms with Gasteiger partial charge in [-0.1, -0.05) is 34.6 Å². The molecule has 0 aliphatic rings. The van der Waals surface area contributed by atoms with Gasteiger partial charge in [0, 0.05) is 23.6 Å². The normalized spacial score (nSPS) is 13.2. The second kappa shape index (κ2) is 10.6. The average molecular weight is 465 g/mol. The molecular formula is C22H29FN4O4S. The Balaban J connectivity index is 2.11. The van der Waals surface area contributed by atoms with E-state index in [-0.39, 0.29) is 46.4 Å². The molecule has 0 aliphatic heterocycles. The molecule has 0 fully saturated rings. The maximum atomic E-state index is 14.4. The number of nitrogens with one attached hydrogen (secondary N) is 1. The number of esters is 1. The molecule has 0 saturated carbocycles. The average Bonchev–Trinajstić information content (AvgIpc) is 3.12. The van der Waals surface area contributed by atoms with Gasteiger partial charge in [0.1, 0.15) is 11.9 Å². The zero-order valence-corrected chi connectivity index (χ0v) is 19.7. The summed E-state index contributed by atoms with van der Waals surface area (Å²) in [5.74, 6) is -2.34. The maximum absolute atomic E-state index is 14.4. The van der Waals surface area contributed by atoms with Crippen LogP contribution in [0.3, 0.4) is 0 Å². The summed E-state index contributed by atoms with van der Waals surface area (Å²) >= 11 is 1.16. The molecule has 32 heavy (non-hydrogen) atoms. The Hall–Kier alpha value is -2.85. The van der Waals surface area contributed by atoms with Crippen molar-refractivity contribution in [2.45, 2.75) is 53.8 Å². The van der Waals surface area contributed by atoms with E-state index in [9.17, 15) is 18.8 Å². The van der Waals surface area contributed by atoms with Crippen LogP contribution in [0.5, 0.6) is 0 Å². The van der Waals surface area contributed by atoms with Gasteiger partial charge in [-0.25, -0.2) is 4.39 Å². The zero-order chi connectivity index (χ0) is 24.1. The van der Waals surface area contributed by atoms with Crippen molar-refractivity contribution in [2.75, 3.05) is 5.32 Å². The minimum atomic E-state index is -0.748. The number of hydrogen-bond acceptors (Lipinski definition) is 6. The topological polar surface area (TPSA) is 116 Å². The summed E-state index contributed by atoms with van der Waals surface area (Å²) in [7, 11) is 0. The van der Waals surface area contributed by atoms with Crippen molar-refractivity contribution in [1.29, 1.82) is 0 Å². The Morgan fingerprint density at radius 1 is 1.28 bits per heavy atom. The first-order chi connectivity index (χ1) is 14.9. The highest BCUT2D eigenvalue weighted by atomic mass is 32.1. The highest BCUT2D eigenvalue weighted by Gasteiger charge is 2.19. The van der Waals surface area contributed by atoms with Crippen molar-refractivity contribution in [3.8, 4) is 0 Å². The first-order valence-corrected chi connectivity index (χ1v) is 11.0. The van der Waals surface area contributed by atoms with Crippen molar-refractivity contribution in [3.63, 3.8) is 0 Å². The third-order valence-electron chi connectivity index (χ3n) is 4.37. The summed E-state index contributed by atoms with van der Waals surface area (Å²) in [4.78, 5) is 40.8. The number of carbonyl (C=O) groups excluding carboxylic acids is 3. The number of thiazole rings is 1. The number of amides is 2. The Labute approximate surface area is 190 Å². The quantitative estimate of drug-likeness (QED) is 0.610. The van der Waals surface area contributed by atoms with Crippen molar-refractivity contribution in [1.82, 2.24) is 4.57 Å². The van der Waals surface area contributed by atoms with Crippen molar-refractivity contribution in [2.24, 2.45) is 22.1 Å². The van der Waals surface area contributed by atoms with E-state index in [2.05, 4.69) is 10.3 Å². The molecule has 1 aromatic carbocycles. The molecule has 0 spiro atoms. The first kappa shape index (κ1) is 25.4. The summed E-state index contributed by atoms with van der Waals surface area (Å²) in [6, 6.07) is 3.00. The number of aromatic nitrogens is 1. The zero-order valence-electron chi connectivity index (χ0n) is 18.8. The molecular weight excluding hydrogens is 435 g/mol. The molecule has 2 aromatic rings. The number of rotatable bonds is 7. The van der Waals surface area contributed by atoms with Crippen LogP contribution in [0.1, 0.15) is 51.4 Å². The minimum absolute atomic E-state index is 0.00427. The van der Waals surface area contributed by atoms with Crippen LogP contribution in [0.15, 0.2) is 34.8 Å². The van der Waals surface area contributed by atoms with Gasteiger partial charge in [0.15, 0.2) is 11.5 Å². The Bertz CT molecular complexity index is 1050. The highest BCUT2D eigenvalue weighted by molar-refractivity contribution is 7.07. The SMILES string of the molecule is CC(C)C(N)C(=O)OCn1ccsc1=NC(=O)c1ccc(NC(=O)CC(C)(C)C)c(F)c1. The van der Waals surface area contributed by atoms with Crippen molar-refractivity contribution in [3.05, 3.63) is 46.0 Å². The van der Waals surface area contributed by atoms with Crippen LogP contribution in [0, 0.1) is 17.2 Å². The monoisotopic (exact) mass is 464 g/mol. The summed E-state index contributed by atoms with van der Waals surface area (Å²) in [5, 5.41) is 4.19. The minimum Gasteiger partial charge on any atom is -0.443 e. The molecule has 3 N–H and O–H groups in total. The lowest BCUT2D eigenvalue weighted by Crippen LogP contribution is -2.37. The van der Waals surface area contributed by atoms with E-state index in [4.69, 9.17) is 10.5 Å². The third kappa shape index (κ3) is 7.38. The summed E-state index contributed by atoms with van der Waals surface area (Å²) in [6.07, 6.45) is 1.84. The largest absolute Gasteiger partial charge is 0.443 e. The van der Waals surface area contributed by atoms with Gasteiger partial charge in [-0.2, -0.15) is 4.99 Å². The highest BCUT2D eigenvalue weighted by Crippen LogP contribution is 2.21. The van der Waals surface area contributed by atoms with E-state index in [0.29, 0.717) is 0 Å². The smallest absolute Gasteiger partial charge is 0.324 e. The number of anilines is 1. The van der Waals surface area contributed by atoms with Crippen LogP contribution in [0.4, 0.5) is 10.1 Å². The molecule has 0 bridgehead atoms. The number of benzene rings is 1. The molecule has 0 saturated heterocycles. The van der Waals surface area contributed by atoms with Crippen LogP contribution in [0.25, 0.3) is 0 Å². The van der Waals surface area contributed by atoms with E-state index in [1.54, 1.807) is 11.6 Å². The molecule has 1 heterocycles. The molecule has 1 unspecified atom stereocenters. The van der Waals surface area contributed by atoms with Crippen LogP contribution >= 0.6 is 11.3 Å². The van der Waals surface area contributed by atoms with Crippen LogP contribution in [-0.2, 0) is 21.1 Å². The number of ether oxygens (including phenoxy) is 1. The Kier molecular flexibility index (Phi) is 8.45. The Morgan fingerprint density at radius 3 is 2.56 bits per heavy atom. The standard InChI is InChI=1S/C22H29FN4O4S/c1-13(2)18(24)20(30)31-12-27-8-9-32-21(27)26-19(29)14-6-7-16(15(23)10-14)25-17(28)11-22(3,4)5/h6-10,13,18H,11-12,24H2,1-5H3,(H,25,28). The number of carbonyl (C=O) groups is 3. The molecule has 8 nitrogen and oxygen atoms in total. The number of nitrogens with two attached hydrogens (primary N) is 1. The Morgan fingerprint density at radius 2 is 1.97 bits per heavy atom. The maximum Gasteiger partial charge on any atom is 0.324 e. The fourth-order valence-corrected chi connectivity index (χ4v) is 3.28. The van der Waals surface area contributed by atoms with Gasteiger partial charge >= 0.3 is 5.97 Å². The van der Waals surface area contributed by atoms with Crippen molar-refractivity contribution < 1.29 is 23.5 Å². The van der Waals surface area contributed by atoms with Gasteiger partial charge in [0.25, 0.3) is 5.91 Å². The van der Waals surface area contributed by atoms with Crippen LogP contribution in [-0.4, -0.2) is 28.4 Å². The number of hydrogen-bond donors (Lipinski definition) is 2. The predicted molar refractivity (Wildman–Crippen MR) is 120 cm³/mol. The third-order valence-corrected chi connectivity index (χ3v) is 5.17. The van der Waals surface area contributed by atoms with Crippen molar-refractivity contribution >= 4 is 34.8 Å². The van der Waals surface area contributed by atoms with Crippen LogP contribution in [0.2, 0.25) is 0 Å². The van der Waals surface area contributed by atoms with E-state index in [0.717, 1.165) is 17.4 Å². The second-order valence-electron chi connectivity index (χ2n) is 8.91. The van der Waals surface area contributed by atoms with E-state index >= 15 is 0 Å². The van der Waals surface area contributed by atoms with Gasteiger partial charge in [0.05, 0.1) is 5.69 Å². The van der Waals surface area contributed by atoms with Gasteiger partial charge in [-0.3, -0.25) is 19.0 Å². The second-order valence-corrected chi connectivity index (χ2v) is 9.79. The lowest BCUT2D eigenvalue weighted by Gasteiger charge is -2.17. The fraction of sp³-hybridized carbons (Fsp3) is 0.455.